The van der Waals surface area contributed by atoms with Crippen molar-refractivity contribution < 1.29 is 23.5 Å². The third-order valence-electron chi connectivity index (χ3n) is 7.52. The Hall–Kier alpha value is -4.91. The number of amides is 1. The van der Waals surface area contributed by atoms with Crippen molar-refractivity contribution in [2.24, 2.45) is 0 Å². The Kier molecular flexibility index (Phi) is 6.56. The number of carbonyl (C=O) groups excluding carboxylic acids is 2. The SMILES string of the molecule is COC(=O)C1(c2ccc(-c3ccc(-c4oc5cnccc5c4NC(=O)OC(C)c4ccccc4)cc3)cc2)CC1. The predicted octanol–water partition coefficient (Wildman–Crippen LogP) is 7.68. The lowest BCUT2D eigenvalue weighted by Crippen LogP contribution is -2.21. The largest absolute Gasteiger partial charge is 0.468 e. The molecule has 3 aromatic carbocycles. The highest BCUT2D eigenvalue weighted by Crippen LogP contribution is 2.49. The Balaban J connectivity index is 1.25. The van der Waals surface area contributed by atoms with Gasteiger partial charge < -0.3 is 13.9 Å². The standard InChI is InChI=1S/C33H28N2O5/c1-21(22-6-4-3-5-7-22)39-32(37)35-29-27-16-19-34-20-28(27)40-30(29)25-10-8-23(9-11-25)24-12-14-26(15-13-24)33(17-18-33)31(36)38-2/h3-16,19-21H,17-18H2,1-2H3,(H,35,37). The molecule has 2 aromatic heterocycles. The summed E-state index contributed by atoms with van der Waals surface area (Å²) in [7, 11) is 1.44. The molecule has 0 spiro atoms. The Morgan fingerprint density at radius 1 is 0.900 bits per heavy atom. The first-order chi connectivity index (χ1) is 19.5. The normalized spacial score (nSPS) is 14.3. The molecule has 7 heteroatoms. The van der Waals surface area contributed by atoms with Crippen LogP contribution in [0, 0.1) is 0 Å². The van der Waals surface area contributed by atoms with Crippen molar-refractivity contribution in [3.8, 4) is 22.5 Å². The summed E-state index contributed by atoms with van der Waals surface area (Å²) in [6, 6.07) is 27.3. The van der Waals surface area contributed by atoms with Crippen LogP contribution < -0.4 is 5.32 Å². The van der Waals surface area contributed by atoms with Gasteiger partial charge in [0.25, 0.3) is 0 Å². The van der Waals surface area contributed by atoms with E-state index in [-0.39, 0.29) is 5.97 Å². The van der Waals surface area contributed by atoms with Gasteiger partial charge in [0.2, 0.25) is 0 Å². The first-order valence-corrected chi connectivity index (χ1v) is 13.2. The number of rotatable bonds is 7. The van der Waals surface area contributed by atoms with Crippen molar-refractivity contribution >= 4 is 28.7 Å². The number of fused-ring (bicyclic) bond motifs is 1. The van der Waals surface area contributed by atoms with Gasteiger partial charge in [0, 0.05) is 17.1 Å². The van der Waals surface area contributed by atoms with Gasteiger partial charge in [0.1, 0.15) is 6.10 Å². The van der Waals surface area contributed by atoms with Gasteiger partial charge in [-0.2, -0.15) is 0 Å². The predicted molar refractivity (Wildman–Crippen MR) is 153 cm³/mol. The number of aromatic nitrogens is 1. The molecule has 40 heavy (non-hydrogen) atoms. The average molecular weight is 533 g/mol. The van der Waals surface area contributed by atoms with Gasteiger partial charge in [-0.3, -0.25) is 15.1 Å². The molecule has 1 fully saturated rings. The zero-order valence-corrected chi connectivity index (χ0v) is 22.2. The molecule has 1 atom stereocenters. The van der Waals surface area contributed by atoms with E-state index < -0.39 is 17.6 Å². The summed E-state index contributed by atoms with van der Waals surface area (Å²) in [5.41, 5.74) is 5.32. The van der Waals surface area contributed by atoms with Crippen LogP contribution in [0.15, 0.2) is 102 Å². The third kappa shape index (κ3) is 4.71. The summed E-state index contributed by atoms with van der Waals surface area (Å²) in [6.07, 6.45) is 3.92. The molecule has 0 bridgehead atoms. The first-order valence-electron chi connectivity index (χ1n) is 13.2. The maximum atomic E-state index is 12.9. The molecular formula is C33H28N2O5. The van der Waals surface area contributed by atoms with E-state index >= 15 is 0 Å². The van der Waals surface area contributed by atoms with Crippen molar-refractivity contribution in [3.63, 3.8) is 0 Å². The zero-order valence-electron chi connectivity index (χ0n) is 22.2. The summed E-state index contributed by atoms with van der Waals surface area (Å²) in [5, 5.41) is 3.63. The number of methoxy groups -OCH3 is 1. The molecule has 2 heterocycles. The van der Waals surface area contributed by atoms with Crippen LogP contribution in [0.25, 0.3) is 33.4 Å². The molecular weight excluding hydrogens is 504 g/mol. The van der Waals surface area contributed by atoms with E-state index in [1.807, 2.05) is 85.8 Å². The Labute approximate surface area is 231 Å². The van der Waals surface area contributed by atoms with E-state index in [9.17, 15) is 9.59 Å². The second kappa shape index (κ2) is 10.3. The second-order valence-corrected chi connectivity index (χ2v) is 9.99. The fraction of sp³-hybridized carbons (Fsp3) is 0.182. The summed E-state index contributed by atoms with van der Waals surface area (Å²) in [4.78, 5) is 29.3. The molecule has 5 aromatic rings. The smallest absolute Gasteiger partial charge is 0.412 e. The molecule has 1 saturated carbocycles. The zero-order chi connectivity index (χ0) is 27.7. The fourth-order valence-electron chi connectivity index (χ4n) is 5.09. The number of pyridine rings is 1. The van der Waals surface area contributed by atoms with Gasteiger partial charge in [-0.1, -0.05) is 78.9 Å². The van der Waals surface area contributed by atoms with E-state index in [1.54, 1.807) is 18.5 Å². The van der Waals surface area contributed by atoms with E-state index in [2.05, 4.69) is 10.3 Å². The van der Waals surface area contributed by atoms with E-state index in [0.717, 1.165) is 46.0 Å². The molecule has 0 aliphatic heterocycles. The van der Waals surface area contributed by atoms with Gasteiger partial charge in [0.15, 0.2) is 11.3 Å². The number of anilines is 1. The van der Waals surface area contributed by atoms with Crippen molar-refractivity contribution in [2.75, 3.05) is 12.4 Å². The lowest BCUT2D eigenvalue weighted by atomic mass is 9.93. The summed E-state index contributed by atoms with van der Waals surface area (Å²) in [6.45, 7) is 1.83. The Bertz CT molecular complexity index is 1670. The number of benzene rings is 3. The maximum absolute atomic E-state index is 12.9. The van der Waals surface area contributed by atoms with E-state index in [4.69, 9.17) is 13.9 Å². The molecule has 7 nitrogen and oxygen atoms in total. The monoisotopic (exact) mass is 532 g/mol. The number of furan rings is 1. The quantitative estimate of drug-likeness (QED) is 0.216. The maximum Gasteiger partial charge on any atom is 0.412 e. The highest BCUT2D eigenvalue weighted by Gasteiger charge is 2.52. The highest BCUT2D eigenvalue weighted by molar-refractivity contribution is 6.04. The molecule has 1 N–H and O–H groups in total. The first kappa shape index (κ1) is 25.4. The van der Waals surface area contributed by atoms with Crippen molar-refractivity contribution in [2.45, 2.75) is 31.3 Å². The molecule has 0 radical (unpaired) electrons. The van der Waals surface area contributed by atoms with E-state index in [0.29, 0.717) is 17.0 Å². The number of hydrogen-bond donors (Lipinski definition) is 1. The van der Waals surface area contributed by atoms with Gasteiger partial charge >= 0.3 is 12.1 Å². The van der Waals surface area contributed by atoms with E-state index in [1.165, 1.54) is 7.11 Å². The van der Waals surface area contributed by atoms with Crippen LogP contribution in [0.5, 0.6) is 0 Å². The van der Waals surface area contributed by atoms with Gasteiger partial charge in [-0.15, -0.1) is 0 Å². The lowest BCUT2D eigenvalue weighted by molar-refractivity contribution is -0.143. The van der Waals surface area contributed by atoms with Crippen LogP contribution in [-0.4, -0.2) is 24.2 Å². The molecule has 1 aliphatic rings. The van der Waals surface area contributed by atoms with Gasteiger partial charge in [-0.25, -0.2) is 4.79 Å². The Morgan fingerprint density at radius 2 is 1.55 bits per heavy atom. The van der Waals surface area contributed by atoms with Crippen LogP contribution in [0.4, 0.5) is 10.5 Å². The summed E-state index contributed by atoms with van der Waals surface area (Å²) < 4.78 is 16.8. The number of esters is 1. The van der Waals surface area contributed by atoms with Crippen molar-refractivity contribution in [1.29, 1.82) is 0 Å². The summed E-state index contributed by atoms with van der Waals surface area (Å²) in [5.74, 6) is 0.344. The Morgan fingerprint density at radius 3 is 2.20 bits per heavy atom. The second-order valence-electron chi connectivity index (χ2n) is 9.99. The van der Waals surface area contributed by atoms with Crippen molar-refractivity contribution in [1.82, 2.24) is 4.98 Å². The topological polar surface area (TPSA) is 90.7 Å². The molecule has 1 amide bonds. The number of hydrogen-bond acceptors (Lipinski definition) is 6. The van der Waals surface area contributed by atoms with Crippen LogP contribution in [0.3, 0.4) is 0 Å². The van der Waals surface area contributed by atoms with Crippen LogP contribution in [-0.2, 0) is 19.7 Å². The average Bonchev–Trinajstić information content (AvgIpc) is 3.74. The number of ether oxygens (including phenoxy) is 2. The van der Waals surface area contributed by atoms with Gasteiger partial charge in [-0.05, 0) is 48.1 Å². The fourth-order valence-corrected chi connectivity index (χ4v) is 5.09. The van der Waals surface area contributed by atoms with Gasteiger partial charge in [0.05, 0.1) is 24.4 Å². The number of carbonyl (C=O) groups is 2. The molecule has 200 valence electrons. The molecule has 6 rings (SSSR count). The molecule has 1 unspecified atom stereocenters. The number of nitrogens with zero attached hydrogens (tertiary/aromatic N) is 1. The van der Waals surface area contributed by atoms with Crippen molar-refractivity contribution in [3.05, 3.63) is 108 Å². The van der Waals surface area contributed by atoms with Crippen LogP contribution in [0.1, 0.15) is 37.0 Å². The lowest BCUT2D eigenvalue weighted by Gasteiger charge is -2.14. The van der Waals surface area contributed by atoms with Crippen LogP contribution >= 0.6 is 0 Å². The third-order valence-corrected chi connectivity index (χ3v) is 7.52. The minimum absolute atomic E-state index is 0.173. The number of nitrogens with one attached hydrogen (secondary N) is 1. The minimum atomic E-state index is -0.575. The molecule has 0 saturated heterocycles. The summed E-state index contributed by atoms with van der Waals surface area (Å²) >= 11 is 0. The minimum Gasteiger partial charge on any atom is -0.468 e. The highest BCUT2D eigenvalue weighted by atomic mass is 16.6. The van der Waals surface area contributed by atoms with Crippen LogP contribution in [0.2, 0.25) is 0 Å². The molecule has 1 aliphatic carbocycles.